The molecular formula is C22H25N5OS3. The molecule has 0 bridgehead atoms. The number of carbonyl (C=O) groups is 1. The van der Waals surface area contributed by atoms with Gasteiger partial charge in [0.2, 0.25) is 5.91 Å². The van der Waals surface area contributed by atoms with E-state index in [1.165, 1.54) is 27.1 Å². The second kappa shape index (κ2) is 9.15. The zero-order valence-electron chi connectivity index (χ0n) is 18.1. The Hall–Kier alpha value is -2.15. The van der Waals surface area contributed by atoms with Gasteiger partial charge in [0, 0.05) is 27.2 Å². The number of aryl methyl sites for hydroxylation is 1. The standard InChI is InChI=1S/C22H25N5OS3/c1-5-27-20(17-10-29-14(4)13(17)3)25-26-22(27)30-11-19(28)24-21-16(9-23)15-7-6-12(2)8-18(15)31-21/h10,12H,5-8,11H2,1-4H3,(H,24,28). The molecule has 0 saturated heterocycles. The largest absolute Gasteiger partial charge is 0.316 e. The summed E-state index contributed by atoms with van der Waals surface area (Å²) >= 11 is 4.65. The molecule has 1 aliphatic carbocycles. The Balaban J connectivity index is 1.47. The Bertz CT molecular complexity index is 1170. The van der Waals surface area contributed by atoms with Crippen LogP contribution in [0.3, 0.4) is 0 Å². The van der Waals surface area contributed by atoms with Gasteiger partial charge in [0.1, 0.15) is 11.1 Å². The molecule has 0 radical (unpaired) electrons. The fourth-order valence-corrected chi connectivity index (χ4v) is 6.91. The zero-order chi connectivity index (χ0) is 22.1. The molecule has 1 atom stereocenters. The summed E-state index contributed by atoms with van der Waals surface area (Å²) in [7, 11) is 0. The Morgan fingerprint density at radius 1 is 1.42 bits per heavy atom. The van der Waals surface area contributed by atoms with E-state index in [2.05, 4.69) is 59.2 Å². The van der Waals surface area contributed by atoms with E-state index in [1.54, 1.807) is 22.7 Å². The third-order valence-corrected chi connectivity index (χ3v) is 8.92. The van der Waals surface area contributed by atoms with E-state index in [-0.39, 0.29) is 11.7 Å². The second-order valence-electron chi connectivity index (χ2n) is 7.89. The first-order valence-electron chi connectivity index (χ1n) is 10.4. The van der Waals surface area contributed by atoms with Crippen LogP contribution in [0.5, 0.6) is 0 Å². The number of hydrogen-bond acceptors (Lipinski definition) is 7. The van der Waals surface area contributed by atoms with Gasteiger partial charge in [-0.3, -0.25) is 4.79 Å². The van der Waals surface area contributed by atoms with Crippen LogP contribution in [-0.2, 0) is 24.2 Å². The first-order valence-corrected chi connectivity index (χ1v) is 13.1. The van der Waals surface area contributed by atoms with E-state index >= 15 is 0 Å². The SMILES string of the molecule is CCn1c(SCC(=O)Nc2sc3c(c2C#N)CCC(C)C3)nnc1-c1csc(C)c1C. The van der Waals surface area contributed by atoms with Crippen molar-refractivity contribution in [2.24, 2.45) is 5.92 Å². The van der Waals surface area contributed by atoms with Crippen molar-refractivity contribution in [1.82, 2.24) is 14.8 Å². The maximum atomic E-state index is 12.7. The summed E-state index contributed by atoms with van der Waals surface area (Å²) in [5, 5.41) is 24.9. The molecule has 0 fully saturated rings. The first kappa shape index (κ1) is 22.1. The van der Waals surface area contributed by atoms with Gasteiger partial charge in [-0.15, -0.1) is 32.9 Å². The number of nitriles is 1. The predicted molar refractivity (Wildman–Crippen MR) is 128 cm³/mol. The maximum Gasteiger partial charge on any atom is 0.235 e. The highest BCUT2D eigenvalue weighted by molar-refractivity contribution is 7.99. The lowest BCUT2D eigenvalue weighted by Gasteiger charge is -2.17. The molecule has 31 heavy (non-hydrogen) atoms. The van der Waals surface area contributed by atoms with E-state index in [0.717, 1.165) is 47.9 Å². The summed E-state index contributed by atoms with van der Waals surface area (Å²) in [4.78, 5) is 15.2. The van der Waals surface area contributed by atoms with Crippen LogP contribution in [0.25, 0.3) is 11.4 Å². The number of anilines is 1. The van der Waals surface area contributed by atoms with Crippen molar-refractivity contribution in [3.63, 3.8) is 0 Å². The van der Waals surface area contributed by atoms with Crippen molar-refractivity contribution in [3.05, 3.63) is 31.8 Å². The highest BCUT2D eigenvalue weighted by Crippen LogP contribution is 2.39. The van der Waals surface area contributed by atoms with Gasteiger partial charge in [0.05, 0.1) is 11.3 Å². The van der Waals surface area contributed by atoms with Crippen LogP contribution >= 0.6 is 34.4 Å². The van der Waals surface area contributed by atoms with Gasteiger partial charge in [0.15, 0.2) is 11.0 Å². The molecule has 4 rings (SSSR count). The average molecular weight is 472 g/mol. The number of amides is 1. The van der Waals surface area contributed by atoms with E-state index < -0.39 is 0 Å². The summed E-state index contributed by atoms with van der Waals surface area (Å²) in [6.45, 7) is 9.23. The highest BCUT2D eigenvalue weighted by atomic mass is 32.2. The van der Waals surface area contributed by atoms with Gasteiger partial charge in [-0.2, -0.15) is 5.26 Å². The molecule has 3 aromatic rings. The minimum absolute atomic E-state index is 0.122. The Morgan fingerprint density at radius 3 is 2.90 bits per heavy atom. The van der Waals surface area contributed by atoms with E-state index in [1.807, 2.05) is 0 Å². The normalized spacial score (nSPS) is 15.5. The highest BCUT2D eigenvalue weighted by Gasteiger charge is 2.25. The summed E-state index contributed by atoms with van der Waals surface area (Å²) < 4.78 is 2.05. The van der Waals surface area contributed by atoms with Crippen molar-refractivity contribution in [2.45, 2.75) is 58.7 Å². The zero-order valence-corrected chi connectivity index (χ0v) is 20.6. The fourth-order valence-electron chi connectivity index (χ4n) is 3.86. The predicted octanol–water partition coefficient (Wildman–Crippen LogP) is 5.43. The van der Waals surface area contributed by atoms with Gasteiger partial charge >= 0.3 is 0 Å². The van der Waals surface area contributed by atoms with Crippen molar-refractivity contribution < 1.29 is 4.79 Å². The number of aromatic nitrogens is 3. The lowest BCUT2D eigenvalue weighted by Crippen LogP contribution is -2.14. The molecule has 0 saturated carbocycles. The van der Waals surface area contributed by atoms with E-state index in [4.69, 9.17) is 0 Å². The number of nitrogens with one attached hydrogen (secondary N) is 1. The number of hydrogen-bond donors (Lipinski definition) is 1. The molecule has 9 heteroatoms. The van der Waals surface area contributed by atoms with Crippen LogP contribution in [0.2, 0.25) is 0 Å². The van der Waals surface area contributed by atoms with Crippen LogP contribution < -0.4 is 5.32 Å². The van der Waals surface area contributed by atoms with E-state index in [9.17, 15) is 10.1 Å². The average Bonchev–Trinajstić information content (AvgIpc) is 3.41. The Labute approximate surface area is 194 Å². The van der Waals surface area contributed by atoms with Crippen LogP contribution in [-0.4, -0.2) is 26.4 Å². The first-order chi connectivity index (χ1) is 14.9. The number of thiophene rings is 2. The van der Waals surface area contributed by atoms with Gasteiger partial charge in [0.25, 0.3) is 0 Å². The van der Waals surface area contributed by atoms with Crippen LogP contribution in [0.4, 0.5) is 5.00 Å². The molecule has 0 aromatic carbocycles. The maximum absolute atomic E-state index is 12.7. The second-order valence-corrected chi connectivity index (χ2v) is 11.0. The lowest BCUT2D eigenvalue weighted by molar-refractivity contribution is -0.113. The third kappa shape index (κ3) is 4.29. The topological polar surface area (TPSA) is 83.6 Å². The molecule has 162 valence electrons. The van der Waals surface area contributed by atoms with Gasteiger partial charge in [-0.25, -0.2) is 0 Å². The van der Waals surface area contributed by atoms with Crippen molar-refractivity contribution in [2.75, 3.05) is 11.1 Å². The molecule has 1 unspecified atom stereocenters. The Kier molecular flexibility index (Phi) is 6.51. The van der Waals surface area contributed by atoms with Crippen LogP contribution in [0.1, 0.15) is 46.7 Å². The number of carbonyl (C=O) groups excluding carboxylic acids is 1. The van der Waals surface area contributed by atoms with Crippen LogP contribution in [0.15, 0.2) is 10.5 Å². The van der Waals surface area contributed by atoms with E-state index in [0.29, 0.717) is 16.5 Å². The molecule has 1 amide bonds. The monoisotopic (exact) mass is 471 g/mol. The molecule has 6 nitrogen and oxygen atoms in total. The summed E-state index contributed by atoms with van der Waals surface area (Å²) in [5.41, 5.74) is 4.10. The van der Waals surface area contributed by atoms with Crippen molar-refractivity contribution in [3.8, 4) is 17.5 Å². The molecule has 0 spiro atoms. The number of nitrogens with zero attached hydrogens (tertiary/aromatic N) is 4. The molecule has 3 heterocycles. The van der Waals surface area contributed by atoms with Crippen molar-refractivity contribution >= 4 is 45.3 Å². The Morgan fingerprint density at radius 2 is 2.23 bits per heavy atom. The molecule has 1 N–H and O–H groups in total. The smallest absolute Gasteiger partial charge is 0.235 e. The fraction of sp³-hybridized carbons (Fsp3) is 0.455. The molecule has 3 aromatic heterocycles. The molecular weight excluding hydrogens is 446 g/mol. The number of rotatable bonds is 6. The minimum Gasteiger partial charge on any atom is -0.316 e. The minimum atomic E-state index is -0.122. The molecule has 1 aliphatic rings. The third-order valence-electron chi connectivity index (χ3n) is 5.77. The van der Waals surface area contributed by atoms with Gasteiger partial charge < -0.3 is 9.88 Å². The lowest BCUT2D eigenvalue weighted by atomic mass is 9.89. The number of thioether (sulfide) groups is 1. The summed E-state index contributed by atoms with van der Waals surface area (Å²) in [6, 6.07) is 2.31. The molecule has 0 aliphatic heterocycles. The van der Waals surface area contributed by atoms with Gasteiger partial charge in [-0.05, 0) is 57.1 Å². The summed E-state index contributed by atoms with van der Waals surface area (Å²) in [6.07, 6.45) is 3.01. The van der Waals surface area contributed by atoms with Gasteiger partial charge in [-0.1, -0.05) is 18.7 Å². The van der Waals surface area contributed by atoms with Crippen LogP contribution in [0, 0.1) is 31.1 Å². The van der Waals surface area contributed by atoms with Crippen molar-refractivity contribution in [1.29, 1.82) is 5.26 Å². The quantitative estimate of drug-likeness (QED) is 0.485. The number of fused-ring (bicyclic) bond motifs is 1. The summed E-state index contributed by atoms with van der Waals surface area (Å²) in [5.74, 6) is 1.58.